The van der Waals surface area contributed by atoms with E-state index in [9.17, 15) is 9.59 Å². The van der Waals surface area contributed by atoms with E-state index >= 15 is 0 Å². The lowest BCUT2D eigenvalue weighted by atomic mass is 9.96. The third-order valence-electron chi connectivity index (χ3n) is 5.50. The van der Waals surface area contributed by atoms with Gasteiger partial charge in [0.1, 0.15) is 5.01 Å². The Morgan fingerprint density at radius 3 is 2.74 bits per heavy atom. The zero-order valence-electron chi connectivity index (χ0n) is 15.4. The maximum atomic E-state index is 12.4. The maximum absolute atomic E-state index is 12.4. The first kappa shape index (κ1) is 18.4. The average molecular weight is 387 g/mol. The van der Waals surface area contributed by atoms with Gasteiger partial charge in [-0.25, -0.2) is 9.78 Å². The Bertz CT molecular complexity index is 782. The number of nitrogens with one attached hydrogen (secondary N) is 2. The summed E-state index contributed by atoms with van der Waals surface area (Å²) < 4.78 is 1.18. The van der Waals surface area contributed by atoms with Crippen molar-refractivity contribution in [3.63, 3.8) is 0 Å². The standard InChI is InChI=1S/C20H26N4O2S/c25-18(23-20(26)21-14-7-2-1-3-8-14)13-24-12-6-10-16(24)19-22-15-9-4-5-11-17(15)27-19/h4-5,9,11,14,16H,1-3,6-8,10,12-13H2,(H2,21,23,25,26)/t16-/m0/s1. The molecule has 1 aromatic heterocycles. The van der Waals surface area contributed by atoms with Crippen LogP contribution in [0.15, 0.2) is 24.3 Å². The highest BCUT2D eigenvalue weighted by atomic mass is 32.1. The first-order valence-corrected chi connectivity index (χ1v) is 10.7. The molecule has 4 rings (SSSR count). The fraction of sp³-hybridized carbons (Fsp3) is 0.550. The van der Waals surface area contributed by atoms with Crippen LogP contribution in [0.5, 0.6) is 0 Å². The van der Waals surface area contributed by atoms with Gasteiger partial charge < -0.3 is 5.32 Å². The van der Waals surface area contributed by atoms with Crippen LogP contribution < -0.4 is 10.6 Å². The van der Waals surface area contributed by atoms with Gasteiger partial charge in [-0.15, -0.1) is 11.3 Å². The van der Waals surface area contributed by atoms with Crippen molar-refractivity contribution in [1.29, 1.82) is 0 Å². The van der Waals surface area contributed by atoms with E-state index in [-0.39, 0.29) is 30.6 Å². The predicted octanol–water partition coefficient (Wildman–Crippen LogP) is 3.59. The van der Waals surface area contributed by atoms with E-state index < -0.39 is 0 Å². The van der Waals surface area contributed by atoms with E-state index in [0.29, 0.717) is 0 Å². The first-order valence-electron chi connectivity index (χ1n) is 9.89. The Kier molecular flexibility index (Phi) is 5.69. The Labute approximate surface area is 163 Å². The second kappa shape index (κ2) is 8.35. The number of urea groups is 1. The molecule has 144 valence electrons. The van der Waals surface area contributed by atoms with E-state index in [2.05, 4.69) is 21.6 Å². The van der Waals surface area contributed by atoms with Gasteiger partial charge in [-0.2, -0.15) is 0 Å². The third kappa shape index (κ3) is 4.47. The monoisotopic (exact) mass is 386 g/mol. The van der Waals surface area contributed by atoms with Crippen molar-refractivity contribution < 1.29 is 9.59 Å². The van der Waals surface area contributed by atoms with Crippen LogP contribution in [0.4, 0.5) is 4.79 Å². The summed E-state index contributed by atoms with van der Waals surface area (Å²) >= 11 is 1.70. The van der Waals surface area contributed by atoms with Crippen molar-refractivity contribution in [3.05, 3.63) is 29.3 Å². The summed E-state index contributed by atoms with van der Waals surface area (Å²) in [5.41, 5.74) is 1.01. The van der Waals surface area contributed by atoms with Gasteiger partial charge in [-0.1, -0.05) is 31.4 Å². The quantitative estimate of drug-likeness (QED) is 0.842. The van der Waals surface area contributed by atoms with Crippen molar-refractivity contribution in [2.45, 2.75) is 57.0 Å². The number of para-hydroxylation sites is 1. The molecule has 3 amide bonds. The molecule has 0 bridgehead atoms. The number of aromatic nitrogens is 1. The Balaban J connectivity index is 1.33. The van der Waals surface area contributed by atoms with Crippen LogP contribution in [-0.2, 0) is 4.79 Å². The lowest BCUT2D eigenvalue weighted by Crippen LogP contribution is -2.47. The molecule has 1 atom stereocenters. The van der Waals surface area contributed by atoms with Crippen LogP contribution in [0, 0.1) is 0 Å². The third-order valence-corrected chi connectivity index (χ3v) is 6.64. The largest absolute Gasteiger partial charge is 0.335 e. The molecule has 2 aromatic rings. The van der Waals surface area contributed by atoms with Gasteiger partial charge in [-0.3, -0.25) is 15.0 Å². The number of carbonyl (C=O) groups excluding carboxylic acids is 2. The van der Waals surface area contributed by atoms with E-state index in [1.165, 1.54) is 11.1 Å². The minimum Gasteiger partial charge on any atom is -0.335 e. The molecule has 2 heterocycles. The Morgan fingerprint density at radius 1 is 1.11 bits per heavy atom. The summed E-state index contributed by atoms with van der Waals surface area (Å²) in [4.78, 5) is 31.4. The lowest BCUT2D eigenvalue weighted by molar-refractivity contribution is -0.121. The van der Waals surface area contributed by atoms with Crippen molar-refractivity contribution in [3.8, 4) is 0 Å². The molecule has 2 fully saturated rings. The zero-order valence-corrected chi connectivity index (χ0v) is 16.3. The van der Waals surface area contributed by atoms with Crippen LogP contribution in [-0.4, -0.2) is 41.0 Å². The second-order valence-corrected chi connectivity index (χ2v) is 8.57. The first-order chi connectivity index (χ1) is 13.2. The van der Waals surface area contributed by atoms with Crippen molar-refractivity contribution in [2.24, 2.45) is 0 Å². The highest BCUT2D eigenvalue weighted by Crippen LogP contribution is 2.36. The molecule has 1 aliphatic carbocycles. The number of imide groups is 1. The number of thiazole rings is 1. The molecular formula is C20H26N4O2S. The van der Waals surface area contributed by atoms with Gasteiger partial charge >= 0.3 is 6.03 Å². The molecule has 1 saturated heterocycles. The van der Waals surface area contributed by atoms with Gasteiger partial charge in [0.2, 0.25) is 5.91 Å². The molecule has 1 aliphatic heterocycles. The SMILES string of the molecule is O=C(CN1CCC[C@H]1c1nc2ccccc2s1)NC(=O)NC1CCCCC1. The lowest BCUT2D eigenvalue weighted by Gasteiger charge is -2.24. The second-order valence-electron chi connectivity index (χ2n) is 7.50. The normalized spacial score (nSPS) is 21.4. The van der Waals surface area contributed by atoms with E-state index in [1.807, 2.05) is 18.2 Å². The van der Waals surface area contributed by atoms with E-state index in [1.54, 1.807) is 11.3 Å². The molecule has 0 unspecified atom stereocenters. The molecule has 2 aliphatic rings. The molecule has 7 heteroatoms. The van der Waals surface area contributed by atoms with Gasteiger partial charge in [0.05, 0.1) is 22.8 Å². The molecular weight excluding hydrogens is 360 g/mol. The zero-order chi connectivity index (χ0) is 18.6. The number of nitrogens with zero attached hydrogens (tertiary/aromatic N) is 2. The van der Waals surface area contributed by atoms with Crippen LogP contribution >= 0.6 is 11.3 Å². The number of likely N-dealkylation sites (tertiary alicyclic amines) is 1. The summed E-state index contributed by atoms with van der Waals surface area (Å²) in [5, 5.41) is 6.50. The number of hydrogen-bond acceptors (Lipinski definition) is 5. The Hall–Kier alpha value is -1.99. The van der Waals surface area contributed by atoms with Gasteiger partial charge in [0.25, 0.3) is 0 Å². The summed E-state index contributed by atoms with van der Waals surface area (Å²) in [6.45, 7) is 1.09. The summed E-state index contributed by atoms with van der Waals surface area (Å²) in [6.07, 6.45) is 7.60. The highest BCUT2D eigenvalue weighted by molar-refractivity contribution is 7.18. The maximum Gasteiger partial charge on any atom is 0.321 e. The van der Waals surface area contributed by atoms with Crippen LogP contribution in [0.2, 0.25) is 0 Å². The minimum atomic E-state index is -0.359. The topological polar surface area (TPSA) is 74.3 Å². The molecule has 6 nitrogen and oxygen atoms in total. The molecule has 0 radical (unpaired) electrons. The molecule has 27 heavy (non-hydrogen) atoms. The minimum absolute atomic E-state index is 0.162. The molecule has 2 N–H and O–H groups in total. The molecule has 1 aromatic carbocycles. The summed E-state index contributed by atoms with van der Waals surface area (Å²) in [6, 6.07) is 8.13. The summed E-state index contributed by atoms with van der Waals surface area (Å²) in [7, 11) is 0. The van der Waals surface area contributed by atoms with Gasteiger partial charge in [-0.05, 0) is 44.4 Å². The smallest absolute Gasteiger partial charge is 0.321 e. The predicted molar refractivity (Wildman–Crippen MR) is 107 cm³/mol. The molecule has 1 saturated carbocycles. The van der Waals surface area contributed by atoms with E-state index in [0.717, 1.165) is 55.6 Å². The Morgan fingerprint density at radius 2 is 1.93 bits per heavy atom. The number of amides is 3. The highest BCUT2D eigenvalue weighted by Gasteiger charge is 2.30. The molecule has 0 spiro atoms. The fourth-order valence-corrected chi connectivity index (χ4v) is 5.28. The van der Waals surface area contributed by atoms with Crippen LogP contribution in [0.1, 0.15) is 56.0 Å². The van der Waals surface area contributed by atoms with E-state index in [4.69, 9.17) is 4.98 Å². The van der Waals surface area contributed by atoms with Crippen molar-refractivity contribution in [1.82, 2.24) is 20.5 Å². The average Bonchev–Trinajstić information content (AvgIpc) is 3.28. The number of hydrogen-bond donors (Lipinski definition) is 2. The van der Waals surface area contributed by atoms with Crippen LogP contribution in [0.3, 0.4) is 0 Å². The number of carbonyl (C=O) groups is 2. The number of benzene rings is 1. The van der Waals surface area contributed by atoms with Crippen molar-refractivity contribution in [2.75, 3.05) is 13.1 Å². The number of rotatable bonds is 4. The number of fused-ring (bicyclic) bond motifs is 1. The van der Waals surface area contributed by atoms with Crippen LogP contribution in [0.25, 0.3) is 10.2 Å². The fourth-order valence-electron chi connectivity index (χ4n) is 4.15. The summed E-state index contributed by atoms with van der Waals surface area (Å²) in [5.74, 6) is -0.240. The van der Waals surface area contributed by atoms with Gasteiger partial charge in [0.15, 0.2) is 0 Å². The van der Waals surface area contributed by atoms with Gasteiger partial charge in [0, 0.05) is 6.04 Å². The van der Waals surface area contributed by atoms with Crippen molar-refractivity contribution >= 4 is 33.5 Å².